The highest BCUT2D eigenvalue weighted by Gasteiger charge is 2.27. The van der Waals surface area contributed by atoms with Gasteiger partial charge in [0.05, 0.1) is 24.2 Å². The SMILES string of the molecule is Cc1cc2nc(-c3nc(CO)no3)c(=O)n(C[C@H](O)[C@H](O)[C@H](O)CO)c2cc1C. The summed E-state index contributed by atoms with van der Waals surface area (Å²) in [6.07, 6.45) is -4.79. The van der Waals surface area contributed by atoms with Crippen LogP contribution < -0.4 is 5.56 Å². The molecule has 0 saturated carbocycles. The zero-order valence-electron chi connectivity index (χ0n) is 15.8. The third-order valence-electron chi connectivity index (χ3n) is 4.72. The number of hydrogen-bond donors (Lipinski definition) is 5. The van der Waals surface area contributed by atoms with Crippen molar-refractivity contribution in [3.63, 3.8) is 0 Å². The van der Waals surface area contributed by atoms with Crippen molar-refractivity contribution in [2.24, 2.45) is 0 Å². The molecule has 0 saturated heterocycles. The monoisotopic (exact) mass is 406 g/mol. The highest BCUT2D eigenvalue weighted by molar-refractivity contribution is 5.78. The fraction of sp³-hybridized carbons (Fsp3) is 0.444. The number of rotatable bonds is 7. The zero-order valence-corrected chi connectivity index (χ0v) is 15.8. The van der Waals surface area contributed by atoms with Gasteiger partial charge < -0.3 is 34.6 Å². The molecule has 0 unspecified atom stereocenters. The van der Waals surface area contributed by atoms with Crippen LogP contribution in [0.2, 0.25) is 0 Å². The Balaban J connectivity index is 2.18. The molecular formula is C18H22N4O7. The Labute approximate surface area is 164 Å². The minimum atomic E-state index is -1.67. The average Bonchev–Trinajstić information content (AvgIpc) is 3.19. The molecule has 3 rings (SSSR count). The van der Waals surface area contributed by atoms with Crippen molar-refractivity contribution in [1.29, 1.82) is 0 Å². The van der Waals surface area contributed by atoms with Crippen LogP contribution in [0.4, 0.5) is 0 Å². The standard InChI is InChI=1S/C18H22N4O7/c1-8-3-10-11(4-9(8)2)22(5-12(25)16(27)13(26)6-23)18(28)15(19-10)17-20-14(7-24)21-29-17/h3-4,12-13,16,23-27H,5-7H2,1-2H3/t12-,13+,16-/m0/s1. The van der Waals surface area contributed by atoms with Crippen LogP contribution in [0.1, 0.15) is 17.0 Å². The van der Waals surface area contributed by atoms with Crippen molar-refractivity contribution < 1.29 is 30.1 Å². The van der Waals surface area contributed by atoms with Crippen LogP contribution >= 0.6 is 0 Å². The van der Waals surface area contributed by atoms with E-state index in [-0.39, 0.29) is 24.0 Å². The Morgan fingerprint density at radius 2 is 1.76 bits per heavy atom. The van der Waals surface area contributed by atoms with Gasteiger partial charge in [0.15, 0.2) is 11.5 Å². The number of fused-ring (bicyclic) bond motifs is 1. The van der Waals surface area contributed by atoms with Gasteiger partial charge in [-0.3, -0.25) is 4.79 Å². The third kappa shape index (κ3) is 4.04. The first-order valence-electron chi connectivity index (χ1n) is 8.87. The van der Waals surface area contributed by atoms with Gasteiger partial charge in [-0.1, -0.05) is 5.16 Å². The average molecular weight is 406 g/mol. The third-order valence-corrected chi connectivity index (χ3v) is 4.72. The predicted molar refractivity (Wildman–Crippen MR) is 99.8 cm³/mol. The summed E-state index contributed by atoms with van der Waals surface area (Å²) in [6.45, 7) is 2.11. The van der Waals surface area contributed by atoms with Gasteiger partial charge >= 0.3 is 0 Å². The molecule has 3 aromatic rings. The first kappa shape index (κ1) is 21.0. The molecule has 2 heterocycles. The van der Waals surface area contributed by atoms with E-state index in [0.717, 1.165) is 11.1 Å². The van der Waals surface area contributed by atoms with Gasteiger partial charge in [-0.2, -0.15) is 4.98 Å². The minimum Gasteiger partial charge on any atom is -0.394 e. The van der Waals surface area contributed by atoms with Crippen LogP contribution in [0, 0.1) is 13.8 Å². The summed E-state index contributed by atoms with van der Waals surface area (Å²) in [6, 6.07) is 3.47. The van der Waals surface area contributed by atoms with E-state index < -0.39 is 37.1 Å². The zero-order chi connectivity index (χ0) is 21.3. The highest BCUT2D eigenvalue weighted by atomic mass is 16.5. The Hall–Kier alpha value is -2.70. The quantitative estimate of drug-likeness (QED) is 0.315. The topological polar surface area (TPSA) is 175 Å². The summed E-state index contributed by atoms with van der Waals surface area (Å²) in [7, 11) is 0. The molecule has 0 aliphatic carbocycles. The molecule has 0 aliphatic rings. The predicted octanol–water partition coefficient (Wildman–Crippen LogP) is -1.37. The van der Waals surface area contributed by atoms with E-state index in [1.165, 1.54) is 4.57 Å². The van der Waals surface area contributed by atoms with E-state index >= 15 is 0 Å². The summed E-state index contributed by atoms with van der Waals surface area (Å²) < 4.78 is 6.19. The molecule has 156 valence electrons. The molecule has 2 aromatic heterocycles. The van der Waals surface area contributed by atoms with Crippen LogP contribution in [0.25, 0.3) is 22.6 Å². The van der Waals surface area contributed by atoms with Gasteiger partial charge in [0.1, 0.15) is 24.9 Å². The number of aryl methyl sites for hydroxylation is 2. The van der Waals surface area contributed by atoms with Gasteiger partial charge in [-0.05, 0) is 37.1 Å². The van der Waals surface area contributed by atoms with Crippen LogP contribution in [0.5, 0.6) is 0 Å². The van der Waals surface area contributed by atoms with Crippen LogP contribution in [-0.2, 0) is 13.2 Å². The van der Waals surface area contributed by atoms with Gasteiger partial charge in [-0.25, -0.2) is 4.98 Å². The molecule has 0 radical (unpaired) electrons. The van der Waals surface area contributed by atoms with Crippen LogP contribution in [-0.4, -0.2) is 70.1 Å². The summed E-state index contributed by atoms with van der Waals surface area (Å²) >= 11 is 0. The first-order valence-corrected chi connectivity index (χ1v) is 8.87. The molecular weight excluding hydrogens is 384 g/mol. The Kier molecular flexibility index (Phi) is 6.05. The largest absolute Gasteiger partial charge is 0.394 e. The van der Waals surface area contributed by atoms with Gasteiger partial charge in [0, 0.05) is 0 Å². The van der Waals surface area contributed by atoms with E-state index in [1.807, 2.05) is 13.8 Å². The number of aliphatic hydroxyl groups is 5. The molecule has 3 atom stereocenters. The maximum atomic E-state index is 13.1. The normalized spacial score (nSPS) is 14.9. The molecule has 0 fully saturated rings. The van der Waals surface area contributed by atoms with E-state index in [4.69, 9.17) is 14.7 Å². The molecule has 1 aromatic carbocycles. The Morgan fingerprint density at radius 1 is 1.07 bits per heavy atom. The van der Waals surface area contributed by atoms with Crippen molar-refractivity contribution in [3.05, 3.63) is 39.4 Å². The van der Waals surface area contributed by atoms with Crippen molar-refractivity contribution in [2.45, 2.75) is 45.3 Å². The second-order valence-electron chi connectivity index (χ2n) is 6.78. The van der Waals surface area contributed by atoms with E-state index in [0.29, 0.717) is 11.0 Å². The van der Waals surface area contributed by atoms with Gasteiger partial charge in [0.25, 0.3) is 11.4 Å². The minimum absolute atomic E-state index is 0.0190. The molecule has 5 N–H and O–H groups in total. The summed E-state index contributed by atoms with van der Waals surface area (Å²) in [5.74, 6) is -0.215. The molecule has 29 heavy (non-hydrogen) atoms. The Bertz CT molecular complexity index is 1080. The number of aliphatic hydroxyl groups excluding tert-OH is 5. The van der Waals surface area contributed by atoms with E-state index in [1.54, 1.807) is 12.1 Å². The van der Waals surface area contributed by atoms with Crippen LogP contribution in [0.3, 0.4) is 0 Å². The maximum absolute atomic E-state index is 13.1. The lowest BCUT2D eigenvalue weighted by Gasteiger charge is -2.23. The van der Waals surface area contributed by atoms with Crippen molar-refractivity contribution in [1.82, 2.24) is 19.7 Å². The lowest BCUT2D eigenvalue weighted by Crippen LogP contribution is -2.43. The lowest BCUT2D eigenvalue weighted by atomic mass is 10.1. The van der Waals surface area contributed by atoms with E-state index in [2.05, 4.69) is 15.1 Å². The molecule has 11 heteroatoms. The number of aromatic nitrogens is 4. The smallest absolute Gasteiger partial charge is 0.282 e. The summed E-state index contributed by atoms with van der Waals surface area (Å²) in [4.78, 5) is 21.3. The van der Waals surface area contributed by atoms with E-state index in [9.17, 15) is 20.1 Å². The fourth-order valence-electron chi connectivity index (χ4n) is 2.89. The van der Waals surface area contributed by atoms with Crippen molar-refractivity contribution in [2.75, 3.05) is 6.61 Å². The first-order chi connectivity index (χ1) is 13.8. The molecule has 0 spiro atoms. The number of benzene rings is 1. The molecule has 0 bridgehead atoms. The second kappa shape index (κ2) is 8.35. The number of nitrogens with zero attached hydrogens (tertiary/aromatic N) is 4. The fourth-order valence-corrected chi connectivity index (χ4v) is 2.89. The molecule has 0 amide bonds. The lowest BCUT2D eigenvalue weighted by molar-refractivity contribution is -0.0805. The highest BCUT2D eigenvalue weighted by Crippen LogP contribution is 2.21. The summed E-state index contributed by atoms with van der Waals surface area (Å²) in [5, 5.41) is 51.5. The number of hydrogen-bond acceptors (Lipinski definition) is 10. The van der Waals surface area contributed by atoms with Gasteiger partial charge in [-0.15, -0.1) is 0 Å². The Morgan fingerprint density at radius 3 is 2.38 bits per heavy atom. The maximum Gasteiger partial charge on any atom is 0.282 e. The second-order valence-corrected chi connectivity index (χ2v) is 6.78. The van der Waals surface area contributed by atoms with Crippen molar-refractivity contribution >= 4 is 11.0 Å². The van der Waals surface area contributed by atoms with Crippen molar-refractivity contribution in [3.8, 4) is 11.6 Å². The molecule has 0 aliphatic heterocycles. The van der Waals surface area contributed by atoms with Crippen LogP contribution in [0.15, 0.2) is 21.5 Å². The summed E-state index contributed by atoms with van der Waals surface area (Å²) in [5.41, 5.74) is 1.75. The molecule has 11 nitrogen and oxygen atoms in total. The van der Waals surface area contributed by atoms with Gasteiger partial charge in [0.2, 0.25) is 0 Å².